The molecule has 0 aromatic heterocycles. The molecule has 0 amide bonds. The minimum Gasteiger partial charge on any atom is -0.507 e. The molecule has 0 aliphatic rings. The maximum absolute atomic E-state index is 13.3. The second kappa shape index (κ2) is 5.54. The number of phenols is 1. The summed E-state index contributed by atoms with van der Waals surface area (Å²) in [7, 11) is 0. The molecule has 0 aliphatic heterocycles. The Morgan fingerprint density at radius 2 is 1.89 bits per heavy atom. The highest BCUT2D eigenvalue weighted by molar-refractivity contribution is 5.91. The zero-order valence-corrected chi connectivity index (χ0v) is 11.2. The van der Waals surface area contributed by atoms with Gasteiger partial charge in [-0.3, -0.25) is 0 Å². The molecule has 102 valence electrons. The van der Waals surface area contributed by atoms with Gasteiger partial charge in [-0.25, -0.2) is 9.18 Å². The lowest BCUT2D eigenvalue weighted by atomic mass is 9.82. The predicted molar refractivity (Wildman–Crippen MR) is 68.7 cm³/mol. The Balaban J connectivity index is 0.00000289. The highest BCUT2D eigenvalue weighted by Gasteiger charge is 2.27. The molecule has 0 fully saturated rings. The number of benzene rings is 1. The number of aromatic carboxylic acids is 1. The second-order valence-corrected chi connectivity index (χ2v) is 5.04. The third kappa shape index (κ3) is 3.34. The van der Waals surface area contributed by atoms with Crippen LogP contribution in [0.5, 0.6) is 5.75 Å². The van der Waals surface area contributed by atoms with Crippen LogP contribution in [0.4, 0.5) is 4.39 Å². The van der Waals surface area contributed by atoms with E-state index in [-0.39, 0.29) is 18.0 Å². The molecule has 4 N–H and O–H groups in total. The highest BCUT2D eigenvalue weighted by Crippen LogP contribution is 2.37. The fourth-order valence-electron chi connectivity index (χ4n) is 1.49. The second-order valence-electron chi connectivity index (χ2n) is 5.04. The average molecular weight is 278 g/mol. The van der Waals surface area contributed by atoms with E-state index in [4.69, 9.17) is 10.8 Å². The standard InChI is InChI=1S/C12H16FNO3.ClH/c1-12(2,3)10(14)7-4-6(13)5-8(9(7)15)11(16)17;/h4-5,10,15H,14H2,1-3H3,(H,16,17);1H/t10-;/m1./s1. The van der Waals surface area contributed by atoms with Crippen molar-refractivity contribution in [2.45, 2.75) is 26.8 Å². The predicted octanol–water partition coefficient (Wildman–Crippen LogP) is 2.70. The monoisotopic (exact) mass is 277 g/mol. The Morgan fingerprint density at radius 1 is 1.39 bits per heavy atom. The van der Waals surface area contributed by atoms with Crippen LogP contribution in [0.2, 0.25) is 0 Å². The number of carboxylic acids is 1. The van der Waals surface area contributed by atoms with Gasteiger partial charge in [0.2, 0.25) is 0 Å². The molecule has 0 spiro atoms. The van der Waals surface area contributed by atoms with Crippen LogP contribution in [-0.4, -0.2) is 16.2 Å². The zero-order chi connectivity index (χ0) is 13.4. The highest BCUT2D eigenvalue weighted by atomic mass is 35.5. The van der Waals surface area contributed by atoms with E-state index in [1.807, 2.05) is 20.8 Å². The van der Waals surface area contributed by atoms with Crippen molar-refractivity contribution in [2.24, 2.45) is 11.1 Å². The first-order chi connectivity index (χ1) is 7.64. The third-order valence-electron chi connectivity index (χ3n) is 2.60. The molecular formula is C12H17ClFNO3. The van der Waals surface area contributed by atoms with E-state index in [0.717, 1.165) is 12.1 Å². The number of halogens is 2. The van der Waals surface area contributed by atoms with Gasteiger partial charge in [0.15, 0.2) is 0 Å². The van der Waals surface area contributed by atoms with Gasteiger partial charge >= 0.3 is 5.97 Å². The molecule has 0 radical (unpaired) electrons. The quantitative estimate of drug-likeness (QED) is 0.776. The minimum absolute atomic E-state index is 0. The van der Waals surface area contributed by atoms with E-state index in [9.17, 15) is 14.3 Å². The number of nitrogens with two attached hydrogens (primary N) is 1. The summed E-state index contributed by atoms with van der Waals surface area (Å²) in [5.74, 6) is -2.58. The number of carbonyl (C=O) groups is 1. The Hall–Kier alpha value is -1.33. The molecule has 1 aromatic rings. The van der Waals surface area contributed by atoms with Crippen molar-refractivity contribution < 1.29 is 19.4 Å². The molecule has 0 saturated carbocycles. The fourth-order valence-corrected chi connectivity index (χ4v) is 1.49. The van der Waals surface area contributed by atoms with Gasteiger partial charge in [-0.1, -0.05) is 20.8 Å². The van der Waals surface area contributed by atoms with E-state index in [1.54, 1.807) is 0 Å². The van der Waals surface area contributed by atoms with Crippen molar-refractivity contribution >= 4 is 18.4 Å². The van der Waals surface area contributed by atoms with Crippen LogP contribution in [0, 0.1) is 11.2 Å². The number of hydrogen-bond acceptors (Lipinski definition) is 3. The summed E-state index contributed by atoms with van der Waals surface area (Å²) in [4.78, 5) is 10.8. The minimum atomic E-state index is -1.38. The molecule has 1 rings (SSSR count). The molecular weight excluding hydrogens is 261 g/mol. The van der Waals surface area contributed by atoms with Crippen molar-refractivity contribution in [3.05, 3.63) is 29.1 Å². The van der Waals surface area contributed by atoms with Gasteiger partial charge in [0, 0.05) is 11.6 Å². The number of hydrogen-bond donors (Lipinski definition) is 3. The van der Waals surface area contributed by atoms with Crippen LogP contribution in [0.1, 0.15) is 42.7 Å². The summed E-state index contributed by atoms with van der Waals surface area (Å²) in [5.41, 5.74) is 5.11. The summed E-state index contributed by atoms with van der Waals surface area (Å²) in [6.45, 7) is 5.47. The topological polar surface area (TPSA) is 83.6 Å². The van der Waals surface area contributed by atoms with Crippen LogP contribution in [0.15, 0.2) is 12.1 Å². The molecule has 6 heteroatoms. The van der Waals surface area contributed by atoms with Crippen LogP contribution in [0.3, 0.4) is 0 Å². The molecule has 0 unspecified atom stereocenters. The van der Waals surface area contributed by atoms with Gasteiger partial charge in [-0.05, 0) is 17.5 Å². The number of rotatable bonds is 2. The Labute approximate surface area is 111 Å². The van der Waals surface area contributed by atoms with Gasteiger partial charge in [0.05, 0.1) is 0 Å². The van der Waals surface area contributed by atoms with E-state index >= 15 is 0 Å². The molecule has 4 nitrogen and oxygen atoms in total. The third-order valence-corrected chi connectivity index (χ3v) is 2.60. The molecule has 0 aliphatic carbocycles. The van der Waals surface area contributed by atoms with E-state index < -0.39 is 34.6 Å². The first-order valence-electron chi connectivity index (χ1n) is 5.16. The Morgan fingerprint density at radius 3 is 2.28 bits per heavy atom. The lowest BCUT2D eigenvalue weighted by Crippen LogP contribution is -2.26. The summed E-state index contributed by atoms with van der Waals surface area (Å²) in [6, 6.07) is 1.19. The lowest BCUT2D eigenvalue weighted by Gasteiger charge is -2.28. The smallest absolute Gasteiger partial charge is 0.339 e. The van der Waals surface area contributed by atoms with Crippen molar-refractivity contribution in [3.63, 3.8) is 0 Å². The maximum Gasteiger partial charge on any atom is 0.339 e. The summed E-state index contributed by atoms with van der Waals surface area (Å²) in [6.07, 6.45) is 0. The fraction of sp³-hybridized carbons (Fsp3) is 0.417. The Kier molecular flexibility index (Phi) is 5.13. The molecule has 0 saturated heterocycles. The van der Waals surface area contributed by atoms with E-state index in [1.165, 1.54) is 0 Å². The van der Waals surface area contributed by atoms with Crippen LogP contribution < -0.4 is 5.73 Å². The summed E-state index contributed by atoms with van der Waals surface area (Å²) < 4.78 is 13.3. The average Bonchev–Trinajstić information content (AvgIpc) is 2.18. The maximum atomic E-state index is 13.3. The van der Waals surface area contributed by atoms with Gasteiger partial charge in [0.1, 0.15) is 17.1 Å². The van der Waals surface area contributed by atoms with Gasteiger partial charge in [-0.2, -0.15) is 0 Å². The molecule has 1 atom stereocenters. The SMILES string of the molecule is CC(C)(C)[C@H](N)c1cc(F)cc(C(=O)O)c1O.Cl. The zero-order valence-electron chi connectivity index (χ0n) is 10.4. The molecule has 0 bridgehead atoms. The Bertz CT molecular complexity index is 457. The molecule has 18 heavy (non-hydrogen) atoms. The van der Waals surface area contributed by atoms with Gasteiger partial charge in [0.25, 0.3) is 0 Å². The normalized spacial score (nSPS) is 12.7. The van der Waals surface area contributed by atoms with Gasteiger partial charge < -0.3 is 15.9 Å². The number of carboxylic acid groups (broad SMARTS) is 1. The van der Waals surface area contributed by atoms with E-state index in [0.29, 0.717) is 0 Å². The summed E-state index contributed by atoms with van der Waals surface area (Å²) >= 11 is 0. The van der Waals surface area contributed by atoms with Crippen LogP contribution in [-0.2, 0) is 0 Å². The van der Waals surface area contributed by atoms with Crippen molar-refractivity contribution in [1.82, 2.24) is 0 Å². The van der Waals surface area contributed by atoms with Crippen molar-refractivity contribution in [2.75, 3.05) is 0 Å². The van der Waals surface area contributed by atoms with Crippen LogP contribution in [0.25, 0.3) is 0 Å². The van der Waals surface area contributed by atoms with Gasteiger partial charge in [-0.15, -0.1) is 12.4 Å². The van der Waals surface area contributed by atoms with Crippen LogP contribution >= 0.6 is 12.4 Å². The lowest BCUT2D eigenvalue weighted by molar-refractivity contribution is 0.0692. The van der Waals surface area contributed by atoms with Crippen molar-refractivity contribution in [1.29, 1.82) is 0 Å². The molecule has 0 heterocycles. The van der Waals surface area contributed by atoms with Crippen molar-refractivity contribution in [3.8, 4) is 5.75 Å². The first kappa shape index (κ1) is 16.7. The largest absolute Gasteiger partial charge is 0.507 e. The van der Waals surface area contributed by atoms with E-state index in [2.05, 4.69) is 0 Å². The number of aromatic hydroxyl groups is 1. The first-order valence-corrected chi connectivity index (χ1v) is 5.16. The molecule has 1 aromatic carbocycles. The summed E-state index contributed by atoms with van der Waals surface area (Å²) in [5, 5.41) is 18.6.